The molecule has 2 N–H and O–H groups in total. The Hall–Kier alpha value is -0.340. The van der Waals surface area contributed by atoms with Crippen molar-refractivity contribution in [1.82, 2.24) is 0 Å². The first-order valence-corrected chi connectivity index (χ1v) is 9.33. The maximum atomic E-state index is 11.0. The van der Waals surface area contributed by atoms with Gasteiger partial charge in [-0.05, 0) is 79.4 Å². The summed E-state index contributed by atoms with van der Waals surface area (Å²) in [4.78, 5) is 0. The van der Waals surface area contributed by atoms with E-state index in [-0.39, 0.29) is 22.3 Å². The lowest BCUT2D eigenvalue weighted by Crippen LogP contribution is -2.60. The average Bonchev–Trinajstić information content (AvgIpc) is 2.69. The number of aliphatic hydroxyl groups excluding tert-OH is 2. The van der Waals surface area contributed by atoms with Gasteiger partial charge in [-0.1, -0.05) is 31.9 Å². The zero-order chi connectivity index (χ0) is 15.8. The molecule has 0 aromatic carbocycles. The van der Waals surface area contributed by atoms with Gasteiger partial charge < -0.3 is 10.2 Å². The average molecular weight is 304 g/mol. The molecule has 0 aromatic heterocycles. The lowest BCUT2D eigenvalue weighted by atomic mass is 9.40. The molecule has 4 aliphatic carbocycles. The first-order chi connectivity index (χ1) is 10.3. The van der Waals surface area contributed by atoms with Gasteiger partial charge in [0.15, 0.2) is 0 Å². The van der Waals surface area contributed by atoms with Crippen LogP contribution in [0.4, 0.5) is 0 Å². The Morgan fingerprint density at radius 1 is 1.23 bits per heavy atom. The Bertz CT molecular complexity index is 512. The Morgan fingerprint density at radius 3 is 2.73 bits per heavy atom. The van der Waals surface area contributed by atoms with Gasteiger partial charge in [-0.3, -0.25) is 0 Å². The second-order valence-electron chi connectivity index (χ2n) is 9.57. The standard InChI is InChI=1S/C20H32O2/c1-13-10-20-8-5-16-18(2,12-21)6-4-7-19(16,3)17(20)15(22)9-14(13)11-20/h10,14-17,21-22H,4-9,11-12H2,1-3H3/t14-,15-,16-,17+,18-,19-,20-/m1/s1. The Kier molecular flexibility index (Phi) is 3.18. The highest BCUT2D eigenvalue weighted by molar-refractivity contribution is 5.28. The minimum atomic E-state index is -0.152. The van der Waals surface area contributed by atoms with Crippen LogP contribution in [0.25, 0.3) is 0 Å². The highest BCUT2D eigenvalue weighted by Gasteiger charge is 2.64. The van der Waals surface area contributed by atoms with Gasteiger partial charge >= 0.3 is 0 Å². The number of hydrogen-bond acceptors (Lipinski definition) is 2. The number of rotatable bonds is 1. The molecular formula is C20H32O2. The summed E-state index contributed by atoms with van der Waals surface area (Å²) >= 11 is 0. The van der Waals surface area contributed by atoms with Crippen LogP contribution in [0, 0.1) is 34.0 Å². The van der Waals surface area contributed by atoms with E-state index in [0.717, 1.165) is 12.8 Å². The molecule has 1 spiro atoms. The van der Waals surface area contributed by atoms with Gasteiger partial charge in [0.1, 0.15) is 0 Å². The first-order valence-electron chi connectivity index (χ1n) is 9.33. The summed E-state index contributed by atoms with van der Waals surface area (Å²) in [7, 11) is 0. The van der Waals surface area contributed by atoms with Crippen LogP contribution in [0.3, 0.4) is 0 Å². The van der Waals surface area contributed by atoms with Crippen molar-refractivity contribution in [3.8, 4) is 0 Å². The van der Waals surface area contributed by atoms with Crippen LogP contribution in [0.5, 0.6) is 0 Å². The van der Waals surface area contributed by atoms with E-state index in [2.05, 4.69) is 26.8 Å². The molecule has 4 aliphatic rings. The monoisotopic (exact) mass is 304 g/mol. The van der Waals surface area contributed by atoms with Gasteiger partial charge in [-0.2, -0.15) is 0 Å². The largest absolute Gasteiger partial charge is 0.396 e. The molecule has 2 heteroatoms. The van der Waals surface area contributed by atoms with Crippen molar-refractivity contribution in [2.45, 2.75) is 71.8 Å². The summed E-state index contributed by atoms with van der Waals surface area (Å²) in [6.07, 6.45) is 10.7. The molecule has 0 saturated heterocycles. The van der Waals surface area contributed by atoms with E-state index in [1.54, 1.807) is 0 Å². The maximum Gasteiger partial charge on any atom is 0.0587 e. The zero-order valence-corrected chi connectivity index (χ0v) is 14.4. The lowest BCUT2D eigenvalue weighted by Gasteiger charge is -2.64. The van der Waals surface area contributed by atoms with Gasteiger partial charge in [-0.25, -0.2) is 0 Å². The Balaban J connectivity index is 1.79. The number of hydrogen-bond donors (Lipinski definition) is 2. The smallest absolute Gasteiger partial charge is 0.0587 e. The van der Waals surface area contributed by atoms with E-state index in [9.17, 15) is 10.2 Å². The van der Waals surface area contributed by atoms with E-state index in [0.29, 0.717) is 24.4 Å². The molecule has 0 aromatic rings. The predicted octanol–water partition coefficient (Wildman–Crippen LogP) is 3.92. The van der Waals surface area contributed by atoms with Crippen LogP contribution in [0.1, 0.15) is 65.7 Å². The third-order valence-corrected chi connectivity index (χ3v) is 8.39. The van der Waals surface area contributed by atoms with Crippen LogP contribution in [0.15, 0.2) is 11.6 Å². The van der Waals surface area contributed by atoms with Gasteiger partial charge in [0.05, 0.1) is 6.10 Å². The molecule has 2 nitrogen and oxygen atoms in total. The number of aliphatic hydroxyl groups is 2. The topological polar surface area (TPSA) is 40.5 Å². The fourth-order valence-corrected chi connectivity index (χ4v) is 7.64. The Morgan fingerprint density at radius 2 is 2.00 bits per heavy atom. The van der Waals surface area contributed by atoms with E-state index >= 15 is 0 Å². The van der Waals surface area contributed by atoms with E-state index in [4.69, 9.17) is 0 Å². The summed E-state index contributed by atoms with van der Waals surface area (Å²) in [5, 5.41) is 21.1. The van der Waals surface area contributed by atoms with Crippen molar-refractivity contribution in [2.75, 3.05) is 6.61 Å². The molecule has 7 atom stereocenters. The molecule has 3 saturated carbocycles. The predicted molar refractivity (Wildman–Crippen MR) is 88.3 cm³/mol. The second kappa shape index (κ2) is 4.60. The molecule has 2 bridgehead atoms. The maximum absolute atomic E-state index is 11.0. The SMILES string of the molecule is CC1=C[C@@]23CC[C@@H]4[C@@](C)(CO)CCC[C@@]4(C)[C@@H]2[C@H](O)C[C@@H]1C3. The van der Waals surface area contributed by atoms with E-state index in [1.807, 2.05) is 0 Å². The Labute approximate surface area is 135 Å². The summed E-state index contributed by atoms with van der Waals surface area (Å²) in [5.74, 6) is 1.59. The third-order valence-electron chi connectivity index (χ3n) is 8.39. The fraction of sp³-hybridized carbons (Fsp3) is 0.900. The van der Waals surface area contributed by atoms with Gasteiger partial charge in [0, 0.05) is 6.61 Å². The lowest BCUT2D eigenvalue weighted by molar-refractivity contribution is -0.185. The second-order valence-corrected chi connectivity index (χ2v) is 9.57. The normalized spacial score (nSPS) is 57.0. The molecule has 3 fully saturated rings. The van der Waals surface area contributed by atoms with Gasteiger partial charge in [0.25, 0.3) is 0 Å². The van der Waals surface area contributed by atoms with Crippen LogP contribution in [-0.4, -0.2) is 22.9 Å². The van der Waals surface area contributed by atoms with E-state index < -0.39 is 0 Å². The van der Waals surface area contributed by atoms with Crippen LogP contribution in [-0.2, 0) is 0 Å². The molecule has 0 unspecified atom stereocenters. The fourth-order valence-electron chi connectivity index (χ4n) is 7.64. The van der Waals surface area contributed by atoms with Crippen molar-refractivity contribution in [3.05, 3.63) is 11.6 Å². The zero-order valence-electron chi connectivity index (χ0n) is 14.4. The summed E-state index contributed by atoms with van der Waals surface area (Å²) in [6, 6.07) is 0. The van der Waals surface area contributed by atoms with Crippen LogP contribution < -0.4 is 0 Å². The number of allylic oxidation sites excluding steroid dienone is 2. The highest BCUT2D eigenvalue weighted by Crippen LogP contribution is 2.70. The summed E-state index contributed by atoms with van der Waals surface area (Å²) in [5.41, 5.74) is 2.04. The van der Waals surface area contributed by atoms with Crippen molar-refractivity contribution in [3.63, 3.8) is 0 Å². The molecule has 22 heavy (non-hydrogen) atoms. The van der Waals surface area contributed by atoms with Crippen LogP contribution in [0.2, 0.25) is 0 Å². The molecule has 0 amide bonds. The quantitative estimate of drug-likeness (QED) is 0.721. The molecule has 0 heterocycles. The highest BCUT2D eigenvalue weighted by atomic mass is 16.3. The van der Waals surface area contributed by atoms with Crippen LogP contribution >= 0.6 is 0 Å². The summed E-state index contributed by atoms with van der Waals surface area (Å²) in [6.45, 7) is 7.32. The minimum Gasteiger partial charge on any atom is -0.396 e. The van der Waals surface area contributed by atoms with E-state index in [1.165, 1.54) is 37.7 Å². The molecule has 0 aliphatic heterocycles. The minimum absolute atomic E-state index is 0.0581. The van der Waals surface area contributed by atoms with Gasteiger partial charge in [0.2, 0.25) is 0 Å². The van der Waals surface area contributed by atoms with Crippen molar-refractivity contribution in [1.29, 1.82) is 0 Å². The van der Waals surface area contributed by atoms with Crippen molar-refractivity contribution >= 4 is 0 Å². The molecule has 4 rings (SSSR count). The first kappa shape index (κ1) is 15.2. The van der Waals surface area contributed by atoms with Crippen molar-refractivity contribution in [2.24, 2.45) is 34.0 Å². The van der Waals surface area contributed by atoms with Crippen molar-refractivity contribution < 1.29 is 10.2 Å². The number of fused-ring (bicyclic) bond motifs is 3. The third kappa shape index (κ3) is 1.74. The molecular weight excluding hydrogens is 272 g/mol. The summed E-state index contributed by atoms with van der Waals surface area (Å²) < 4.78 is 0. The molecule has 0 radical (unpaired) electrons. The van der Waals surface area contributed by atoms with Gasteiger partial charge in [-0.15, -0.1) is 0 Å². The molecule has 124 valence electrons.